The van der Waals surface area contributed by atoms with Crippen molar-refractivity contribution in [3.05, 3.63) is 18.2 Å². The van der Waals surface area contributed by atoms with Crippen molar-refractivity contribution in [2.24, 2.45) is 0 Å². The van der Waals surface area contributed by atoms with Crippen LogP contribution in [0.2, 0.25) is 49.9 Å². The third-order valence-corrected chi connectivity index (χ3v) is 32.2. The Morgan fingerprint density at radius 2 is 0.489 bits per heavy atom. The zero-order chi connectivity index (χ0) is 34.9. The van der Waals surface area contributed by atoms with Crippen LogP contribution in [0.4, 0.5) is 0 Å². The molecule has 0 unspecified atom stereocenters. The monoisotopic (exact) mass is 714 g/mol. The highest BCUT2D eigenvalue weighted by atomic mass is 32.2. The van der Waals surface area contributed by atoms with Gasteiger partial charge in [-0.25, -0.2) is 0 Å². The van der Waals surface area contributed by atoms with Crippen LogP contribution in [0.5, 0.6) is 0 Å². The second-order valence-electron chi connectivity index (χ2n) is 15.8. The molecule has 0 radical (unpaired) electrons. The fraction of sp³-hybridized carbons (Fsp3) is 0.692. The summed E-state index contributed by atoms with van der Waals surface area (Å²) in [4.78, 5) is 3.62. The SMILES string of the molecule is CC(C)[Si](C#CSc1cc(SC#C[Si](C(C)C)(C(C)C)C(C)C)cc(SC#C[Si](C(C)C)(C(C)C)C(C)C)c1)(C(C)C)C(C)C. The first-order chi connectivity index (χ1) is 20.7. The van der Waals surface area contributed by atoms with Crippen LogP contribution in [-0.2, 0) is 0 Å². The molecule has 1 rings (SSSR count). The first kappa shape index (κ1) is 42.6. The quantitative estimate of drug-likeness (QED) is 0.120. The maximum absolute atomic E-state index is 3.91. The van der Waals surface area contributed by atoms with Gasteiger partial charge in [0.2, 0.25) is 0 Å². The van der Waals surface area contributed by atoms with Gasteiger partial charge in [-0.15, -0.1) is 16.6 Å². The lowest BCUT2D eigenvalue weighted by atomic mass is 10.4. The van der Waals surface area contributed by atoms with Gasteiger partial charge in [0, 0.05) is 14.7 Å². The Kier molecular flexibility index (Phi) is 17.4. The number of hydrogen-bond donors (Lipinski definition) is 0. The zero-order valence-corrected chi connectivity index (χ0v) is 37.6. The van der Waals surface area contributed by atoms with Crippen LogP contribution in [0.25, 0.3) is 0 Å². The fourth-order valence-electron chi connectivity index (χ4n) is 8.54. The first-order valence-electron chi connectivity index (χ1n) is 17.4. The molecule has 45 heavy (non-hydrogen) atoms. The van der Waals surface area contributed by atoms with E-state index in [1.807, 2.05) is 0 Å². The number of rotatable bonds is 12. The standard InChI is InChI=1S/C39H66S3Si3/c1-28(2)43(29(3)4,30(5)6)22-19-40-37-25-38(41-20-23-44(31(7)8,32(9)10)33(11)12)27-39(26-37)42-21-24-45(34(13)14,35(15)16)36(17)18/h25-36H,1-18H3. The predicted molar refractivity (Wildman–Crippen MR) is 220 cm³/mol. The minimum atomic E-state index is -1.79. The highest BCUT2D eigenvalue weighted by Crippen LogP contribution is 2.43. The molecule has 0 nitrogen and oxygen atoms in total. The van der Waals surface area contributed by atoms with Crippen LogP contribution in [0.15, 0.2) is 32.9 Å². The molecule has 0 N–H and O–H groups in total. The highest BCUT2D eigenvalue weighted by molar-refractivity contribution is 8.05. The average Bonchev–Trinajstić information content (AvgIpc) is 2.89. The number of benzene rings is 1. The van der Waals surface area contributed by atoms with E-state index in [-0.39, 0.29) is 0 Å². The minimum absolute atomic E-state index is 0.628. The van der Waals surface area contributed by atoms with Crippen LogP contribution in [0.1, 0.15) is 125 Å². The number of thioether (sulfide) groups is 3. The molecule has 0 heterocycles. The molecule has 0 aromatic heterocycles. The molecule has 0 spiro atoms. The van der Waals surface area contributed by atoms with E-state index in [1.165, 1.54) is 14.7 Å². The molecular weight excluding hydrogens is 649 g/mol. The maximum atomic E-state index is 3.91. The van der Waals surface area contributed by atoms with E-state index in [0.29, 0.717) is 49.9 Å². The van der Waals surface area contributed by atoms with E-state index < -0.39 is 24.2 Å². The minimum Gasteiger partial charge on any atom is -0.118 e. The molecule has 0 bridgehead atoms. The van der Waals surface area contributed by atoms with Crippen molar-refractivity contribution >= 4 is 59.5 Å². The average molecular weight is 715 g/mol. The molecule has 0 amide bonds. The summed E-state index contributed by atoms with van der Waals surface area (Å²) < 4.78 is 0. The Labute approximate surface area is 297 Å². The van der Waals surface area contributed by atoms with Crippen molar-refractivity contribution in [1.82, 2.24) is 0 Å². The van der Waals surface area contributed by atoms with Crippen molar-refractivity contribution < 1.29 is 0 Å². The normalized spacial score (nSPS) is 12.9. The van der Waals surface area contributed by atoms with Crippen LogP contribution in [0, 0.1) is 32.4 Å². The topological polar surface area (TPSA) is 0 Å². The Morgan fingerprint density at radius 1 is 0.333 bits per heavy atom. The molecule has 0 aliphatic rings. The molecule has 0 saturated carbocycles. The van der Waals surface area contributed by atoms with Crippen molar-refractivity contribution in [3.63, 3.8) is 0 Å². The van der Waals surface area contributed by atoms with Gasteiger partial charge < -0.3 is 0 Å². The van der Waals surface area contributed by atoms with Crippen molar-refractivity contribution in [2.75, 3.05) is 0 Å². The summed E-state index contributed by atoms with van der Waals surface area (Å²) in [7, 11) is -5.36. The maximum Gasteiger partial charge on any atom is 0.147 e. The van der Waals surface area contributed by atoms with Crippen LogP contribution >= 0.6 is 35.3 Å². The van der Waals surface area contributed by atoms with Gasteiger partial charge in [0.25, 0.3) is 0 Å². The van der Waals surface area contributed by atoms with Gasteiger partial charge in [-0.05, 0) is 119 Å². The third-order valence-electron chi connectivity index (χ3n) is 10.8. The Hall–Kier alpha value is -0.399. The second kappa shape index (κ2) is 18.4. The molecule has 1 aromatic carbocycles. The summed E-state index contributed by atoms with van der Waals surface area (Å²) >= 11 is 5.11. The van der Waals surface area contributed by atoms with Crippen molar-refractivity contribution in [1.29, 1.82) is 0 Å². The van der Waals surface area contributed by atoms with E-state index >= 15 is 0 Å². The lowest BCUT2D eigenvalue weighted by molar-refractivity contribution is 0.838. The van der Waals surface area contributed by atoms with Gasteiger partial charge in [0.05, 0.1) is 0 Å². The molecule has 6 heteroatoms. The van der Waals surface area contributed by atoms with E-state index in [1.54, 1.807) is 35.3 Å². The first-order valence-corrected chi connectivity index (χ1v) is 26.6. The zero-order valence-electron chi connectivity index (χ0n) is 32.2. The molecule has 0 saturated heterocycles. The predicted octanol–water partition coefficient (Wildman–Crippen LogP) is 14.5. The van der Waals surface area contributed by atoms with Gasteiger partial charge in [-0.1, -0.05) is 125 Å². The summed E-state index contributed by atoms with van der Waals surface area (Å²) in [5.41, 5.74) is 17.4. The largest absolute Gasteiger partial charge is 0.147 e. The van der Waals surface area contributed by atoms with Gasteiger partial charge in [0.1, 0.15) is 24.2 Å². The lowest BCUT2D eigenvalue weighted by Crippen LogP contribution is -2.43. The van der Waals surface area contributed by atoms with Crippen LogP contribution in [-0.4, -0.2) is 24.2 Å². The van der Waals surface area contributed by atoms with Gasteiger partial charge in [-0.2, -0.15) is 0 Å². The van der Waals surface area contributed by atoms with Gasteiger partial charge in [0.15, 0.2) is 0 Å². The van der Waals surface area contributed by atoms with Crippen LogP contribution < -0.4 is 0 Å². The Morgan fingerprint density at radius 3 is 0.622 bits per heavy atom. The third kappa shape index (κ3) is 10.1. The summed E-state index contributed by atoms with van der Waals surface area (Å²) in [5.74, 6) is 0. The fourth-order valence-corrected chi connectivity index (χ4v) is 27.6. The van der Waals surface area contributed by atoms with E-state index in [2.05, 4.69) is 175 Å². The molecular formula is C39H66S3Si3. The van der Waals surface area contributed by atoms with Gasteiger partial charge in [-0.3, -0.25) is 0 Å². The summed E-state index contributed by atoms with van der Waals surface area (Å²) in [6.07, 6.45) is 0. The highest BCUT2D eigenvalue weighted by Gasteiger charge is 2.43. The molecule has 252 valence electrons. The summed E-state index contributed by atoms with van der Waals surface area (Å²) in [6.45, 7) is 43.0. The van der Waals surface area contributed by atoms with Crippen LogP contribution in [0.3, 0.4) is 0 Å². The summed E-state index contributed by atoms with van der Waals surface area (Å²) in [5, 5.41) is 10.9. The van der Waals surface area contributed by atoms with Gasteiger partial charge >= 0.3 is 0 Å². The Bertz CT molecular complexity index is 1040. The Balaban J connectivity index is 3.70. The lowest BCUT2D eigenvalue weighted by Gasteiger charge is -2.38. The van der Waals surface area contributed by atoms with Crippen molar-refractivity contribution in [2.45, 2.75) is 189 Å². The summed E-state index contributed by atoms with van der Waals surface area (Å²) in [6, 6.07) is 6.91. The van der Waals surface area contributed by atoms with E-state index in [9.17, 15) is 0 Å². The number of hydrogen-bond acceptors (Lipinski definition) is 3. The molecule has 0 atom stereocenters. The molecule has 1 aromatic rings. The second-order valence-corrected chi connectivity index (χ2v) is 35.2. The molecule has 0 fully saturated rings. The molecule has 0 aliphatic heterocycles. The molecule has 0 aliphatic carbocycles. The van der Waals surface area contributed by atoms with Crippen molar-refractivity contribution in [3.8, 4) is 32.4 Å². The van der Waals surface area contributed by atoms with E-state index in [0.717, 1.165) is 0 Å². The van der Waals surface area contributed by atoms with E-state index in [4.69, 9.17) is 0 Å². The smallest absolute Gasteiger partial charge is 0.118 e.